The molecule has 8 nitrogen and oxygen atoms in total. The lowest BCUT2D eigenvalue weighted by Crippen LogP contribution is -2.46. The monoisotopic (exact) mass is 409 g/mol. The molecule has 0 fully saturated rings. The van der Waals surface area contributed by atoms with Crippen molar-refractivity contribution in [3.8, 4) is 0 Å². The number of pyridine rings is 1. The zero-order valence-corrected chi connectivity index (χ0v) is 17.4. The van der Waals surface area contributed by atoms with Crippen LogP contribution in [0, 0.1) is 0 Å². The number of carbonyl (C=O) groups is 1. The number of nitrogens with one attached hydrogen (secondary N) is 1. The van der Waals surface area contributed by atoms with E-state index in [-0.39, 0.29) is 24.6 Å². The third-order valence-electron chi connectivity index (χ3n) is 3.79. The van der Waals surface area contributed by atoms with E-state index in [9.17, 15) is 18.3 Å². The summed E-state index contributed by atoms with van der Waals surface area (Å²) in [5.41, 5.74) is -0.687. The van der Waals surface area contributed by atoms with E-state index in [2.05, 4.69) is 9.71 Å². The van der Waals surface area contributed by atoms with Crippen LogP contribution in [0.4, 0.5) is 4.79 Å². The summed E-state index contributed by atoms with van der Waals surface area (Å²) in [6, 6.07) is 5.94. The van der Waals surface area contributed by atoms with Crippen LogP contribution in [0.2, 0.25) is 0 Å². The molecular formula is C19H27N3O5S. The fraction of sp³-hybridized carbons (Fsp3) is 0.474. The van der Waals surface area contributed by atoms with Crippen LogP contribution in [0.1, 0.15) is 27.7 Å². The lowest BCUT2D eigenvalue weighted by Gasteiger charge is -2.29. The Morgan fingerprint density at radius 3 is 2.64 bits per heavy atom. The van der Waals surface area contributed by atoms with Gasteiger partial charge in [0.25, 0.3) is 0 Å². The number of fused-ring (bicyclic) bond motifs is 1. The molecule has 0 unspecified atom stereocenters. The third kappa shape index (κ3) is 6.15. The van der Waals surface area contributed by atoms with E-state index in [4.69, 9.17) is 4.74 Å². The van der Waals surface area contributed by atoms with E-state index in [1.807, 2.05) is 0 Å². The summed E-state index contributed by atoms with van der Waals surface area (Å²) in [6.07, 6.45) is 2.66. The first-order valence-corrected chi connectivity index (χ1v) is 10.4. The molecule has 0 spiro atoms. The standard InChI is InChI=1S/C19H27N3O5S/c1-14(13-22(9-10-23)18(24)27-19(2,3)4)21-28(25,26)17-6-5-16-12-20-8-7-15(16)11-17/h5-8,11-12,14,21,23H,9-10,13H2,1-4H3/t14-/m1/s1. The smallest absolute Gasteiger partial charge is 0.410 e. The fourth-order valence-corrected chi connectivity index (χ4v) is 3.90. The molecule has 154 valence electrons. The van der Waals surface area contributed by atoms with E-state index < -0.39 is 27.8 Å². The topological polar surface area (TPSA) is 109 Å². The Labute approximate surface area is 165 Å². The highest BCUT2D eigenvalue weighted by Crippen LogP contribution is 2.18. The van der Waals surface area contributed by atoms with Crippen LogP contribution in [0.15, 0.2) is 41.6 Å². The maximum Gasteiger partial charge on any atom is 0.410 e. The molecule has 1 aromatic carbocycles. The molecule has 0 bridgehead atoms. The quantitative estimate of drug-likeness (QED) is 0.725. The van der Waals surface area contributed by atoms with Gasteiger partial charge in [0.15, 0.2) is 0 Å². The van der Waals surface area contributed by atoms with Gasteiger partial charge in [-0.1, -0.05) is 6.07 Å². The van der Waals surface area contributed by atoms with Gasteiger partial charge in [-0.25, -0.2) is 17.9 Å². The van der Waals surface area contributed by atoms with E-state index in [0.29, 0.717) is 0 Å². The number of aliphatic hydroxyl groups is 1. The Morgan fingerprint density at radius 2 is 2.00 bits per heavy atom. The van der Waals surface area contributed by atoms with Gasteiger partial charge in [0.05, 0.1) is 11.5 Å². The molecule has 1 atom stereocenters. The van der Waals surface area contributed by atoms with Crippen LogP contribution in [0.25, 0.3) is 10.8 Å². The number of hydrogen-bond donors (Lipinski definition) is 2. The number of rotatable bonds is 7. The first kappa shape index (κ1) is 22.1. The fourth-order valence-electron chi connectivity index (χ4n) is 2.63. The molecule has 0 aliphatic rings. The Hall–Kier alpha value is -2.23. The largest absolute Gasteiger partial charge is 0.444 e. The SMILES string of the molecule is C[C@H](CN(CCO)C(=O)OC(C)(C)C)NS(=O)(=O)c1ccc2cnccc2c1. The number of ether oxygens (including phenoxy) is 1. The van der Waals surface area contributed by atoms with Crippen LogP contribution in [-0.4, -0.2) is 60.8 Å². The van der Waals surface area contributed by atoms with E-state index in [1.165, 1.54) is 11.0 Å². The van der Waals surface area contributed by atoms with E-state index >= 15 is 0 Å². The average molecular weight is 410 g/mol. The van der Waals surface area contributed by atoms with Gasteiger partial charge in [-0.3, -0.25) is 4.98 Å². The van der Waals surface area contributed by atoms with Crippen molar-refractivity contribution < 1.29 is 23.1 Å². The summed E-state index contributed by atoms with van der Waals surface area (Å²) >= 11 is 0. The molecule has 9 heteroatoms. The zero-order chi connectivity index (χ0) is 20.9. The van der Waals surface area contributed by atoms with Gasteiger partial charge in [0.2, 0.25) is 10.0 Å². The Morgan fingerprint density at radius 1 is 1.29 bits per heavy atom. The molecule has 0 saturated heterocycles. The summed E-state index contributed by atoms with van der Waals surface area (Å²) in [6.45, 7) is 6.72. The molecule has 28 heavy (non-hydrogen) atoms. The van der Waals surface area contributed by atoms with Crippen LogP contribution in [-0.2, 0) is 14.8 Å². The van der Waals surface area contributed by atoms with E-state index in [0.717, 1.165) is 10.8 Å². The van der Waals surface area contributed by atoms with Gasteiger partial charge in [0.1, 0.15) is 5.60 Å². The molecule has 0 aliphatic carbocycles. The molecule has 0 aliphatic heterocycles. The minimum Gasteiger partial charge on any atom is -0.444 e. The minimum atomic E-state index is -3.78. The number of hydrogen-bond acceptors (Lipinski definition) is 6. The summed E-state index contributed by atoms with van der Waals surface area (Å²) in [5.74, 6) is 0. The van der Waals surface area contributed by atoms with Gasteiger partial charge in [-0.15, -0.1) is 0 Å². The van der Waals surface area contributed by atoms with Crippen LogP contribution in [0.5, 0.6) is 0 Å². The normalized spacial score (nSPS) is 13.3. The van der Waals surface area contributed by atoms with Gasteiger partial charge in [0, 0.05) is 36.9 Å². The van der Waals surface area contributed by atoms with Gasteiger partial charge < -0.3 is 14.7 Å². The van der Waals surface area contributed by atoms with Crippen molar-refractivity contribution in [3.63, 3.8) is 0 Å². The van der Waals surface area contributed by atoms with Gasteiger partial charge >= 0.3 is 6.09 Å². The van der Waals surface area contributed by atoms with Gasteiger partial charge in [-0.2, -0.15) is 0 Å². The summed E-state index contributed by atoms with van der Waals surface area (Å²) in [7, 11) is -3.78. The number of nitrogens with zero attached hydrogens (tertiary/aromatic N) is 2. The highest BCUT2D eigenvalue weighted by atomic mass is 32.2. The van der Waals surface area contributed by atoms with E-state index in [1.54, 1.807) is 58.3 Å². The highest BCUT2D eigenvalue weighted by Gasteiger charge is 2.25. The second-order valence-electron chi connectivity index (χ2n) is 7.56. The number of sulfonamides is 1. The predicted octanol–water partition coefficient (Wildman–Crippen LogP) is 2.13. The average Bonchev–Trinajstić information content (AvgIpc) is 2.59. The van der Waals surface area contributed by atoms with Crippen molar-refractivity contribution in [1.29, 1.82) is 0 Å². The Bertz CT molecular complexity index is 925. The lowest BCUT2D eigenvalue weighted by atomic mass is 10.2. The molecule has 2 N–H and O–H groups in total. The summed E-state index contributed by atoms with van der Waals surface area (Å²) < 4.78 is 33.3. The maximum absolute atomic E-state index is 12.7. The lowest BCUT2D eigenvalue weighted by molar-refractivity contribution is 0.0207. The van der Waals surface area contributed by atoms with Crippen molar-refractivity contribution in [2.45, 2.75) is 44.2 Å². The second-order valence-corrected chi connectivity index (χ2v) is 9.27. The van der Waals surface area contributed by atoms with Crippen molar-refractivity contribution in [2.24, 2.45) is 0 Å². The van der Waals surface area contributed by atoms with Gasteiger partial charge in [-0.05, 0) is 51.3 Å². The van der Waals surface area contributed by atoms with Crippen molar-refractivity contribution in [1.82, 2.24) is 14.6 Å². The van der Waals surface area contributed by atoms with Crippen LogP contribution < -0.4 is 4.72 Å². The molecular weight excluding hydrogens is 382 g/mol. The first-order valence-electron chi connectivity index (χ1n) is 8.97. The second kappa shape index (κ2) is 8.85. The molecule has 1 amide bonds. The molecule has 1 aromatic heterocycles. The number of carbonyl (C=O) groups excluding carboxylic acids is 1. The maximum atomic E-state index is 12.7. The molecule has 1 heterocycles. The molecule has 2 rings (SSSR count). The minimum absolute atomic E-state index is 0.0456. The Kier molecular flexibility index (Phi) is 6.97. The van der Waals surface area contributed by atoms with Crippen LogP contribution >= 0.6 is 0 Å². The predicted molar refractivity (Wildman–Crippen MR) is 106 cm³/mol. The number of aliphatic hydroxyl groups excluding tert-OH is 1. The van der Waals surface area contributed by atoms with Crippen molar-refractivity contribution >= 4 is 26.9 Å². The summed E-state index contributed by atoms with van der Waals surface area (Å²) in [4.78, 5) is 17.7. The zero-order valence-electron chi connectivity index (χ0n) is 16.5. The summed E-state index contributed by atoms with van der Waals surface area (Å²) in [5, 5.41) is 10.8. The number of benzene rings is 1. The number of aromatic nitrogens is 1. The molecule has 0 radical (unpaired) electrons. The molecule has 2 aromatic rings. The third-order valence-corrected chi connectivity index (χ3v) is 5.38. The van der Waals surface area contributed by atoms with Crippen molar-refractivity contribution in [2.75, 3.05) is 19.7 Å². The van der Waals surface area contributed by atoms with Crippen molar-refractivity contribution in [3.05, 3.63) is 36.7 Å². The highest BCUT2D eigenvalue weighted by molar-refractivity contribution is 7.89. The Balaban J connectivity index is 2.11. The van der Waals surface area contributed by atoms with Crippen LogP contribution in [0.3, 0.4) is 0 Å². The number of amides is 1. The first-order chi connectivity index (χ1) is 13.0. The molecule has 0 saturated carbocycles.